The molecule has 0 fully saturated rings. The standard InChI is InChI=1S/C11H6BrFO2S/c12-9-5-16-4-8(9)6-2-1-3-7(10(6)13)11(14)15/h1-5H,(H,14,15). The van der Waals surface area contributed by atoms with E-state index in [1.807, 2.05) is 5.38 Å². The number of thiophene rings is 1. The van der Waals surface area contributed by atoms with Crippen LogP contribution in [0.2, 0.25) is 0 Å². The molecule has 0 aliphatic carbocycles. The first kappa shape index (κ1) is 11.3. The van der Waals surface area contributed by atoms with Gasteiger partial charge < -0.3 is 5.11 Å². The maximum atomic E-state index is 13.9. The zero-order chi connectivity index (χ0) is 11.7. The van der Waals surface area contributed by atoms with Crippen LogP contribution in [-0.2, 0) is 0 Å². The summed E-state index contributed by atoms with van der Waals surface area (Å²) in [4.78, 5) is 10.8. The Kier molecular flexibility index (Phi) is 3.07. The number of carbonyl (C=O) groups is 1. The summed E-state index contributed by atoms with van der Waals surface area (Å²) >= 11 is 4.72. The molecule has 1 heterocycles. The van der Waals surface area contributed by atoms with Crippen LogP contribution < -0.4 is 0 Å². The van der Waals surface area contributed by atoms with Gasteiger partial charge in [-0.05, 0) is 27.4 Å². The van der Waals surface area contributed by atoms with Gasteiger partial charge in [-0.1, -0.05) is 12.1 Å². The van der Waals surface area contributed by atoms with E-state index in [1.165, 1.54) is 23.5 Å². The first-order valence-electron chi connectivity index (χ1n) is 4.35. The highest BCUT2D eigenvalue weighted by atomic mass is 79.9. The first-order chi connectivity index (χ1) is 7.61. The van der Waals surface area contributed by atoms with Crippen LogP contribution >= 0.6 is 27.3 Å². The lowest BCUT2D eigenvalue weighted by atomic mass is 10.0. The Balaban J connectivity index is 2.63. The zero-order valence-corrected chi connectivity index (χ0v) is 10.3. The Hall–Kier alpha value is -1.20. The Morgan fingerprint density at radius 3 is 2.62 bits per heavy atom. The monoisotopic (exact) mass is 300 g/mol. The summed E-state index contributed by atoms with van der Waals surface area (Å²) in [5, 5.41) is 12.4. The fraction of sp³-hybridized carbons (Fsp3) is 0. The highest BCUT2D eigenvalue weighted by Crippen LogP contribution is 2.34. The third-order valence-corrected chi connectivity index (χ3v) is 3.84. The van der Waals surface area contributed by atoms with E-state index in [-0.39, 0.29) is 5.56 Å². The van der Waals surface area contributed by atoms with Gasteiger partial charge in [0.2, 0.25) is 0 Å². The number of hydrogen-bond donors (Lipinski definition) is 1. The molecule has 1 N–H and O–H groups in total. The summed E-state index contributed by atoms with van der Waals surface area (Å²) in [6.45, 7) is 0. The molecule has 0 aliphatic heterocycles. The van der Waals surface area contributed by atoms with Crippen molar-refractivity contribution >= 4 is 33.2 Å². The highest BCUT2D eigenvalue weighted by molar-refractivity contribution is 9.10. The van der Waals surface area contributed by atoms with E-state index in [2.05, 4.69) is 15.9 Å². The van der Waals surface area contributed by atoms with Gasteiger partial charge in [0, 0.05) is 21.0 Å². The number of carboxylic acids is 1. The van der Waals surface area contributed by atoms with E-state index in [1.54, 1.807) is 11.4 Å². The molecule has 1 aromatic carbocycles. The number of hydrogen-bond acceptors (Lipinski definition) is 2. The normalized spacial score (nSPS) is 10.4. The van der Waals surface area contributed by atoms with Crippen molar-refractivity contribution in [2.24, 2.45) is 0 Å². The number of benzene rings is 1. The third kappa shape index (κ3) is 1.88. The second-order valence-corrected chi connectivity index (χ2v) is 4.70. The Morgan fingerprint density at radius 2 is 2.06 bits per heavy atom. The second kappa shape index (κ2) is 4.35. The molecule has 1 aromatic heterocycles. The minimum absolute atomic E-state index is 0.299. The molecule has 82 valence electrons. The van der Waals surface area contributed by atoms with Crippen LogP contribution in [0.1, 0.15) is 10.4 Å². The smallest absolute Gasteiger partial charge is 0.338 e. The van der Waals surface area contributed by atoms with Crippen LogP contribution in [0.3, 0.4) is 0 Å². The SMILES string of the molecule is O=C(O)c1cccc(-c2cscc2Br)c1F. The molecule has 0 spiro atoms. The second-order valence-electron chi connectivity index (χ2n) is 3.11. The molecule has 0 unspecified atom stereocenters. The summed E-state index contributed by atoms with van der Waals surface area (Å²) in [5.41, 5.74) is 0.661. The van der Waals surface area contributed by atoms with E-state index in [0.29, 0.717) is 11.1 Å². The van der Waals surface area contributed by atoms with Crippen molar-refractivity contribution < 1.29 is 14.3 Å². The summed E-state index contributed by atoms with van der Waals surface area (Å²) < 4.78 is 14.6. The first-order valence-corrected chi connectivity index (χ1v) is 6.08. The molecule has 0 radical (unpaired) electrons. The van der Waals surface area contributed by atoms with E-state index in [4.69, 9.17) is 5.11 Å². The minimum Gasteiger partial charge on any atom is -0.478 e. The van der Waals surface area contributed by atoms with Gasteiger partial charge >= 0.3 is 5.97 Å². The highest BCUT2D eigenvalue weighted by Gasteiger charge is 2.16. The van der Waals surface area contributed by atoms with Crippen molar-refractivity contribution in [2.75, 3.05) is 0 Å². The van der Waals surface area contributed by atoms with Crippen molar-refractivity contribution in [3.05, 3.63) is 44.8 Å². The van der Waals surface area contributed by atoms with Gasteiger partial charge in [0.05, 0.1) is 5.56 Å². The number of rotatable bonds is 2. The van der Waals surface area contributed by atoms with E-state index in [9.17, 15) is 9.18 Å². The van der Waals surface area contributed by atoms with Gasteiger partial charge in [-0.15, -0.1) is 0 Å². The van der Waals surface area contributed by atoms with Gasteiger partial charge in [0.25, 0.3) is 0 Å². The molecular formula is C11H6BrFO2S. The van der Waals surface area contributed by atoms with Crippen LogP contribution in [0.4, 0.5) is 4.39 Å². The molecule has 0 amide bonds. The molecule has 5 heteroatoms. The van der Waals surface area contributed by atoms with E-state index < -0.39 is 11.8 Å². The van der Waals surface area contributed by atoms with E-state index in [0.717, 1.165) is 4.47 Å². The van der Waals surface area contributed by atoms with Crippen LogP contribution in [0, 0.1) is 5.82 Å². The summed E-state index contributed by atoms with van der Waals surface area (Å²) in [6, 6.07) is 4.35. The van der Waals surface area contributed by atoms with Crippen molar-refractivity contribution in [3.63, 3.8) is 0 Å². The van der Waals surface area contributed by atoms with Crippen LogP contribution in [0.5, 0.6) is 0 Å². The largest absolute Gasteiger partial charge is 0.478 e. The predicted octanol–water partition coefficient (Wildman–Crippen LogP) is 4.01. The Morgan fingerprint density at radius 1 is 1.31 bits per heavy atom. The van der Waals surface area contributed by atoms with Crippen molar-refractivity contribution in [2.45, 2.75) is 0 Å². The van der Waals surface area contributed by atoms with Gasteiger partial charge in [-0.3, -0.25) is 0 Å². The minimum atomic E-state index is -1.26. The lowest BCUT2D eigenvalue weighted by Crippen LogP contribution is -2.01. The Labute approximate surface area is 103 Å². The topological polar surface area (TPSA) is 37.3 Å². The fourth-order valence-electron chi connectivity index (χ4n) is 1.38. The number of aromatic carboxylic acids is 1. The molecule has 16 heavy (non-hydrogen) atoms. The average Bonchev–Trinajstić information content (AvgIpc) is 2.64. The van der Waals surface area contributed by atoms with Gasteiger partial charge in [0.1, 0.15) is 5.82 Å². The van der Waals surface area contributed by atoms with Gasteiger partial charge in [-0.25, -0.2) is 9.18 Å². The van der Waals surface area contributed by atoms with E-state index >= 15 is 0 Å². The summed E-state index contributed by atoms with van der Waals surface area (Å²) in [6.07, 6.45) is 0. The van der Waals surface area contributed by atoms with Crippen molar-refractivity contribution in [3.8, 4) is 11.1 Å². The zero-order valence-electron chi connectivity index (χ0n) is 7.91. The fourth-order valence-corrected chi connectivity index (χ4v) is 2.89. The summed E-state index contributed by atoms with van der Waals surface area (Å²) in [7, 11) is 0. The molecule has 0 saturated carbocycles. The van der Waals surface area contributed by atoms with Gasteiger partial charge in [0.15, 0.2) is 0 Å². The molecular weight excluding hydrogens is 295 g/mol. The number of carboxylic acid groups (broad SMARTS) is 1. The quantitative estimate of drug-likeness (QED) is 0.910. The molecule has 2 rings (SSSR count). The van der Waals surface area contributed by atoms with Crippen LogP contribution in [-0.4, -0.2) is 11.1 Å². The molecule has 2 aromatic rings. The molecule has 0 bridgehead atoms. The third-order valence-electron chi connectivity index (χ3n) is 2.13. The molecule has 0 aliphatic rings. The lowest BCUT2D eigenvalue weighted by molar-refractivity contribution is 0.0692. The van der Waals surface area contributed by atoms with Crippen molar-refractivity contribution in [1.82, 2.24) is 0 Å². The molecule has 0 atom stereocenters. The summed E-state index contributed by atoms with van der Waals surface area (Å²) in [5.74, 6) is -1.96. The van der Waals surface area contributed by atoms with Crippen LogP contribution in [0.15, 0.2) is 33.4 Å². The average molecular weight is 301 g/mol. The van der Waals surface area contributed by atoms with Gasteiger partial charge in [-0.2, -0.15) is 11.3 Å². The van der Waals surface area contributed by atoms with Crippen molar-refractivity contribution in [1.29, 1.82) is 0 Å². The molecule has 0 saturated heterocycles. The Bertz CT molecular complexity index is 551. The maximum absolute atomic E-state index is 13.9. The molecule has 2 nitrogen and oxygen atoms in total. The predicted molar refractivity (Wildman–Crippen MR) is 64.4 cm³/mol. The number of halogens is 2. The maximum Gasteiger partial charge on any atom is 0.338 e. The lowest BCUT2D eigenvalue weighted by Gasteiger charge is -2.04. The van der Waals surface area contributed by atoms with Crippen LogP contribution in [0.25, 0.3) is 11.1 Å².